The predicted octanol–water partition coefficient (Wildman–Crippen LogP) is 4.58. The summed E-state index contributed by atoms with van der Waals surface area (Å²) in [5.41, 5.74) is 4.77. The summed E-state index contributed by atoms with van der Waals surface area (Å²) in [7, 11) is 1.75. The minimum Gasteiger partial charge on any atom is -0.490 e. The van der Waals surface area contributed by atoms with Gasteiger partial charge in [0.25, 0.3) is 0 Å². The first-order chi connectivity index (χ1) is 21.2. The van der Waals surface area contributed by atoms with E-state index >= 15 is 0 Å². The highest BCUT2D eigenvalue weighted by Crippen LogP contribution is 2.38. The van der Waals surface area contributed by atoms with Gasteiger partial charge in [0.15, 0.2) is 11.5 Å². The summed E-state index contributed by atoms with van der Waals surface area (Å²) < 4.78 is 35.0. The molecule has 4 aliphatic rings. The number of benzene rings is 3. The van der Waals surface area contributed by atoms with Crippen LogP contribution in [0.4, 0.5) is 11.4 Å². The second-order valence-corrected chi connectivity index (χ2v) is 11.7. The Hall–Kier alpha value is -3.66. The monoisotopic (exact) mass is 587 g/mol. The Bertz CT molecular complexity index is 1380. The van der Waals surface area contributed by atoms with Crippen LogP contribution in [0.3, 0.4) is 0 Å². The molecule has 7 rings (SSSR count). The van der Waals surface area contributed by atoms with Crippen molar-refractivity contribution in [2.75, 3.05) is 76.2 Å². The largest absolute Gasteiger partial charge is 0.490 e. The van der Waals surface area contributed by atoms with Gasteiger partial charge in [0, 0.05) is 44.5 Å². The lowest BCUT2D eigenvalue weighted by atomic mass is 9.87. The Morgan fingerprint density at radius 1 is 0.930 bits per heavy atom. The van der Waals surface area contributed by atoms with Crippen molar-refractivity contribution in [1.82, 2.24) is 5.32 Å². The summed E-state index contributed by atoms with van der Waals surface area (Å²) in [6.07, 6.45) is 2.32. The van der Waals surface area contributed by atoms with E-state index in [-0.39, 0.29) is 12.2 Å². The maximum atomic E-state index is 6.57. The van der Waals surface area contributed by atoms with Gasteiger partial charge in [-0.05, 0) is 66.9 Å². The van der Waals surface area contributed by atoms with E-state index in [1.54, 1.807) is 7.11 Å². The average Bonchev–Trinajstić information content (AvgIpc) is 3.50. The molecule has 0 spiro atoms. The van der Waals surface area contributed by atoms with Crippen molar-refractivity contribution in [3.05, 3.63) is 71.8 Å². The molecule has 2 saturated heterocycles. The summed E-state index contributed by atoms with van der Waals surface area (Å²) in [5, 5.41) is 3.53. The minimum atomic E-state index is 0.104. The van der Waals surface area contributed by atoms with E-state index in [2.05, 4.69) is 63.6 Å². The number of ether oxygens (including phenoxy) is 6. The van der Waals surface area contributed by atoms with Crippen LogP contribution in [-0.4, -0.2) is 78.6 Å². The smallest absolute Gasteiger partial charge is 0.231 e. The molecule has 2 atom stereocenters. The standard InChI is InChI=1S/C34H41N3O6/c1-38-15-2-13-36-14-16-39-31-9-3-24(17-30(31)36)22-40-34-19-35-12-11-29(34)25-4-7-27(8-5-25)43-28-20-37(21-28)26-6-10-32-33(18-26)42-23-41-32/h3-10,17-18,28-29,34-35H,2,11-16,19-23H2,1H3/t29-,34+/m1/s1. The van der Waals surface area contributed by atoms with Crippen molar-refractivity contribution in [3.8, 4) is 23.0 Å². The molecule has 4 heterocycles. The molecule has 0 unspecified atom stereocenters. The summed E-state index contributed by atoms with van der Waals surface area (Å²) in [4.78, 5) is 4.70. The Morgan fingerprint density at radius 2 is 1.79 bits per heavy atom. The van der Waals surface area contributed by atoms with Crippen LogP contribution in [0.15, 0.2) is 60.7 Å². The molecular weight excluding hydrogens is 546 g/mol. The molecule has 9 heteroatoms. The van der Waals surface area contributed by atoms with Crippen LogP contribution in [-0.2, 0) is 16.1 Å². The van der Waals surface area contributed by atoms with E-state index in [0.717, 1.165) is 99.7 Å². The maximum Gasteiger partial charge on any atom is 0.231 e. The topological polar surface area (TPSA) is 73.9 Å². The first kappa shape index (κ1) is 28.1. The number of anilines is 2. The summed E-state index contributed by atoms with van der Waals surface area (Å²) in [5.74, 6) is 3.83. The van der Waals surface area contributed by atoms with Gasteiger partial charge in [0.1, 0.15) is 24.2 Å². The predicted molar refractivity (Wildman–Crippen MR) is 165 cm³/mol. The molecule has 0 radical (unpaired) electrons. The van der Waals surface area contributed by atoms with E-state index in [9.17, 15) is 0 Å². The van der Waals surface area contributed by atoms with Crippen molar-refractivity contribution < 1.29 is 28.4 Å². The molecule has 2 fully saturated rings. The first-order valence-electron chi connectivity index (χ1n) is 15.5. The Kier molecular flexibility index (Phi) is 8.45. The van der Waals surface area contributed by atoms with E-state index in [4.69, 9.17) is 28.4 Å². The van der Waals surface area contributed by atoms with Crippen LogP contribution >= 0.6 is 0 Å². The number of fused-ring (bicyclic) bond motifs is 2. The van der Waals surface area contributed by atoms with Gasteiger partial charge in [-0.25, -0.2) is 0 Å². The van der Waals surface area contributed by atoms with Crippen LogP contribution in [0.2, 0.25) is 0 Å². The molecule has 0 bridgehead atoms. The molecule has 0 aliphatic carbocycles. The van der Waals surface area contributed by atoms with Crippen LogP contribution < -0.4 is 34.1 Å². The van der Waals surface area contributed by atoms with Crippen LogP contribution in [0.25, 0.3) is 0 Å². The van der Waals surface area contributed by atoms with Gasteiger partial charge in [-0.3, -0.25) is 0 Å². The first-order valence-corrected chi connectivity index (χ1v) is 15.5. The highest BCUT2D eigenvalue weighted by Gasteiger charge is 2.31. The third-order valence-electron chi connectivity index (χ3n) is 8.83. The van der Waals surface area contributed by atoms with Gasteiger partial charge >= 0.3 is 0 Å². The SMILES string of the molecule is COCCCN1CCOc2ccc(CO[C@H]3CNCC[C@@H]3c3ccc(OC4CN(c5ccc6c(c5)OCO6)C4)cc3)cc21. The minimum absolute atomic E-state index is 0.104. The molecule has 0 aromatic heterocycles. The second kappa shape index (κ2) is 12.9. The quantitative estimate of drug-likeness (QED) is 0.325. The Balaban J connectivity index is 0.932. The van der Waals surface area contributed by atoms with E-state index in [1.807, 2.05) is 12.1 Å². The number of methoxy groups -OCH3 is 1. The van der Waals surface area contributed by atoms with Crippen LogP contribution in [0.1, 0.15) is 29.9 Å². The molecule has 9 nitrogen and oxygen atoms in total. The van der Waals surface area contributed by atoms with Gasteiger partial charge in [0.05, 0.1) is 38.0 Å². The zero-order chi connectivity index (χ0) is 29.0. The number of hydrogen-bond acceptors (Lipinski definition) is 9. The van der Waals surface area contributed by atoms with Crippen molar-refractivity contribution in [1.29, 1.82) is 0 Å². The molecule has 3 aromatic rings. The lowest BCUT2D eigenvalue weighted by Crippen LogP contribution is -2.54. The molecule has 3 aromatic carbocycles. The molecular formula is C34H41N3O6. The molecule has 1 N–H and O–H groups in total. The number of rotatable bonds is 11. The Morgan fingerprint density at radius 3 is 2.67 bits per heavy atom. The number of nitrogens with zero attached hydrogens (tertiary/aromatic N) is 2. The number of nitrogens with one attached hydrogen (secondary N) is 1. The van der Waals surface area contributed by atoms with E-state index in [1.165, 1.54) is 11.1 Å². The summed E-state index contributed by atoms with van der Waals surface area (Å²) in [6, 6.07) is 21.2. The summed E-state index contributed by atoms with van der Waals surface area (Å²) in [6.45, 7) is 7.75. The highest BCUT2D eigenvalue weighted by molar-refractivity contribution is 5.61. The fraction of sp³-hybridized carbons (Fsp3) is 0.471. The van der Waals surface area contributed by atoms with Crippen molar-refractivity contribution in [2.24, 2.45) is 0 Å². The molecule has 228 valence electrons. The third-order valence-corrected chi connectivity index (χ3v) is 8.83. The van der Waals surface area contributed by atoms with Gasteiger partial charge in [-0.2, -0.15) is 0 Å². The fourth-order valence-electron chi connectivity index (χ4n) is 6.42. The highest BCUT2D eigenvalue weighted by atomic mass is 16.7. The lowest BCUT2D eigenvalue weighted by Gasteiger charge is -2.40. The van der Waals surface area contributed by atoms with E-state index in [0.29, 0.717) is 19.3 Å². The van der Waals surface area contributed by atoms with E-state index < -0.39 is 0 Å². The average molecular weight is 588 g/mol. The fourth-order valence-corrected chi connectivity index (χ4v) is 6.42. The van der Waals surface area contributed by atoms with Gasteiger partial charge in [-0.15, -0.1) is 0 Å². The van der Waals surface area contributed by atoms with Crippen molar-refractivity contribution in [2.45, 2.75) is 37.6 Å². The normalized spacial score (nSPS) is 21.2. The Labute approximate surface area is 253 Å². The van der Waals surface area contributed by atoms with Crippen molar-refractivity contribution >= 4 is 11.4 Å². The van der Waals surface area contributed by atoms with Crippen LogP contribution in [0.5, 0.6) is 23.0 Å². The van der Waals surface area contributed by atoms with Gasteiger partial charge in [-0.1, -0.05) is 18.2 Å². The molecule has 43 heavy (non-hydrogen) atoms. The molecule has 0 amide bonds. The lowest BCUT2D eigenvalue weighted by molar-refractivity contribution is 0.0106. The number of hydrogen-bond donors (Lipinski definition) is 1. The zero-order valence-electron chi connectivity index (χ0n) is 24.8. The summed E-state index contributed by atoms with van der Waals surface area (Å²) >= 11 is 0. The van der Waals surface area contributed by atoms with Gasteiger partial charge in [0.2, 0.25) is 6.79 Å². The second-order valence-electron chi connectivity index (χ2n) is 11.7. The zero-order valence-corrected chi connectivity index (χ0v) is 24.8. The van der Waals surface area contributed by atoms with Crippen LogP contribution in [0, 0.1) is 0 Å². The maximum absolute atomic E-state index is 6.57. The third kappa shape index (κ3) is 6.34. The number of piperidine rings is 1. The molecule has 4 aliphatic heterocycles. The van der Waals surface area contributed by atoms with Crippen molar-refractivity contribution in [3.63, 3.8) is 0 Å². The van der Waals surface area contributed by atoms with Gasteiger partial charge < -0.3 is 43.5 Å². The molecule has 0 saturated carbocycles.